The van der Waals surface area contributed by atoms with E-state index in [1.54, 1.807) is 23.5 Å². The number of H-pyrrole nitrogens is 1. The molecule has 0 atom stereocenters. The van der Waals surface area contributed by atoms with Gasteiger partial charge in [0.2, 0.25) is 0 Å². The van der Waals surface area contributed by atoms with Gasteiger partial charge in [0.1, 0.15) is 0 Å². The minimum Gasteiger partial charge on any atom is -0.392 e. The highest BCUT2D eigenvalue weighted by molar-refractivity contribution is 7.20. The Hall–Kier alpha value is -6.04. The Morgan fingerprint density at radius 2 is 1.36 bits per heavy atom. The van der Waals surface area contributed by atoms with Gasteiger partial charge in [0, 0.05) is 75.0 Å². The Balaban J connectivity index is 0.000000398. The van der Waals surface area contributed by atoms with Crippen LogP contribution in [0.2, 0.25) is 0 Å². The molecule has 0 bridgehead atoms. The largest absolute Gasteiger partial charge is 0.392 e. The minimum atomic E-state index is 0.672. The quantitative estimate of drug-likeness (QED) is 0.0989. The van der Waals surface area contributed by atoms with Crippen LogP contribution >= 0.6 is 11.3 Å². The second kappa shape index (κ2) is 31.1. The highest BCUT2D eigenvalue weighted by Gasteiger charge is 2.11. The summed E-state index contributed by atoms with van der Waals surface area (Å²) in [6.45, 7) is 25.9. The van der Waals surface area contributed by atoms with E-state index in [2.05, 4.69) is 134 Å². The molecule has 0 saturated carbocycles. The molecule has 0 aliphatic heterocycles. The first kappa shape index (κ1) is 50.0. The molecule has 2 heterocycles. The molecule has 58 heavy (non-hydrogen) atoms. The van der Waals surface area contributed by atoms with Crippen molar-refractivity contribution in [1.82, 2.24) is 15.6 Å². The standard InChI is InChI=1S/C19H15NS.C13H18N2.C8H14.C7H9N.C4H6.C2H6/c1-3-7-13-15-10-14-12-8-5-6-9-16(12)20-17(14)11-19(15)21-18(13)4-2;1-3-7-13(11-14-2)15-10-12-8-5-4-6-9-12;1-4-5-6-7-8(2)3;1-8-7-5-3-2-4-6-7;1-3-4-2;1-2/h3-11,20H,2H2,1H3;3-9,11,14-15H,10H2,1-2H3;4-8H,1-3H3;2-6,8H,1H3;3-4H,1-2H2;1-2H3/b7-3-;7-3-,13-11+;5-4-,7-6-;;;. The van der Waals surface area contributed by atoms with Crippen LogP contribution in [0.15, 0.2) is 183 Å². The molecule has 0 fully saturated rings. The molecular weight excluding hydrogens is 725 g/mol. The van der Waals surface area contributed by atoms with Crippen molar-refractivity contribution in [2.75, 3.05) is 19.4 Å². The predicted molar refractivity (Wildman–Crippen MR) is 268 cm³/mol. The van der Waals surface area contributed by atoms with Gasteiger partial charge in [-0.25, -0.2) is 0 Å². The van der Waals surface area contributed by atoms with Crippen molar-refractivity contribution in [1.29, 1.82) is 0 Å². The molecule has 4 nitrogen and oxygen atoms in total. The van der Waals surface area contributed by atoms with Crippen LogP contribution in [0.25, 0.3) is 44.0 Å². The van der Waals surface area contributed by atoms with Gasteiger partial charge < -0.3 is 20.9 Å². The minimum absolute atomic E-state index is 0.672. The maximum Gasteiger partial charge on any atom is 0.0499 e. The van der Waals surface area contributed by atoms with Gasteiger partial charge in [-0.2, -0.15) is 0 Å². The smallest absolute Gasteiger partial charge is 0.0499 e. The van der Waals surface area contributed by atoms with Crippen LogP contribution in [-0.4, -0.2) is 19.1 Å². The summed E-state index contributed by atoms with van der Waals surface area (Å²) in [4.78, 5) is 4.75. The number of hydrogen-bond donors (Lipinski definition) is 4. The average molecular weight is 793 g/mol. The second-order valence-electron chi connectivity index (χ2n) is 12.6. The van der Waals surface area contributed by atoms with Crippen molar-refractivity contribution < 1.29 is 0 Å². The third kappa shape index (κ3) is 18.3. The fraction of sp³-hybridized carbons (Fsp3) is 0.208. The SMILES string of the molecule is C/C=C\C(=C/NC)NCc1ccccc1.C/C=C\C=C/C(C)C.C=CC=C.C=Cc1sc2cc3[nH]c4ccccc4c3cc2c1/C=C\C.CC.CNc1ccccc1. The Morgan fingerprint density at radius 3 is 1.90 bits per heavy atom. The summed E-state index contributed by atoms with van der Waals surface area (Å²) >= 11 is 1.80. The summed E-state index contributed by atoms with van der Waals surface area (Å²) < 4.78 is 1.30. The van der Waals surface area contributed by atoms with Gasteiger partial charge in [-0.15, -0.1) is 11.3 Å². The molecule has 0 saturated heterocycles. The summed E-state index contributed by atoms with van der Waals surface area (Å²) in [5.74, 6) is 0.672. The van der Waals surface area contributed by atoms with Crippen LogP contribution in [0, 0.1) is 5.92 Å². The highest BCUT2D eigenvalue weighted by atomic mass is 32.1. The first-order valence-electron chi connectivity index (χ1n) is 20.1. The Bertz CT molecular complexity index is 2170. The van der Waals surface area contributed by atoms with Gasteiger partial charge >= 0.3 is 0 Å². The Morgan fingerprint density at radius 1 is 0.724 bits per heavy atom. The maximum absolute atomic E-state index is 3.94. The zero-order valence-corrected chi connectivity index (χ0v) is 37.3. The van der Waals surface area contributed by atoms with Gasteiger partial charge in [-0.1, -0.05) is 175 Å². The Kier molecular flexibility index (Phi) is 26.8. The van der Waals surface area contributed by atoms with Crippen LogP contribution in [0.4, 0.5) is 5.69 Å². The van der Waals surface area contributed by atoms with Gasteiger partial charge in [0.05, 0.1) is 0 Å². The molecule has 0 radical (unpaired) electrons. The predicted octanol–water partition coefficient (Wildman–Crippen LogP) is 15.5. The summed E-state index contributed by atoms with van der Waals surface area (Å²) in [6, 6.07) is 33.5. The van der Waals surface area contributed by atoms with E-state index < -0.39 is 0 Å². The molecule has 4 N–H and O–H groups in total. The van der Waals surface area contributed by atoms with Crippen molar-refractivity contribution >= 4 is 61.1 Å². The number of rotatable bonds is 11. The summed E-state index contributed by atoms with van der Waals surface area (Å²) in [5.41, 5.74) is 7.20. The normalized spacial score (nSPS) is 10.8. The number of benzene rings is 4. The van der Waals surface area contributed by atoms with Crippen molar-refractivity contribution in [2.24, 2.45) is 5.92 Å². The van der Waals surface area contributed by atoms with Crippen LogP contribution in [0.5, 0.6) is 0 Å². The van der Waals surface area contributed by atoms with Crippen LogP contribution < -0.4 is 16.0 Å². The number of anilines is 1. The molecule has 6 rings (SSSR count). The number of hydrogen-bond acceptors (Lipinski definition) is 4. The Labute approximate surface area is 354 Å². The van der Waals surface area contributed by atoms with Crippen molar-refractivity contribution in [3.63, 3.8) is 0 Å². The molecular formula is C53H68N4S. The van der Waals surface area contributed by atoms with Crippen molar-refractivity contribution in [3.8, 4) is 0 Å². The molecule has 2 aromatic heterocycles. The zero-order chi connectivity index (χ0) is 43.0. The van der Waals surface area contributed by atoms with E-state index in [9.17, 15) is 0 Å². The number of para-hydroxylation sites is 2. The van der Waals surface area contributed by atoms with Crippen LogP contribution in [0.3, 0.4) is 0 Å². The molecule has 306 valence electrons. The van der Waals surface area contributed by atoms with Crippen molar-refractivity contribution in [3.05, 3.63) is 199 Å². The van der Waals surface area contributed by atoms with Crippen LogP contribution in [-0.2, 0) is 6.54 Å². The number of nitrogens with one attached hydrogen (secondary N) is 4. The summed E-state index contributed by atoms with van der Waals surface area (Å²) in [6.07, 6.45) is 23.8. The molecule has 0 aliphatic carbocycles. The second-order valence-corrected chi connectivity index (χ2v) is 13.7. The fourth-order valence-electron chi connectivity index (χ4n) is 5.26. The van der Waals surface area contributed by atoms with Gasteiger partial charge in [0.25, 0.3) is 0 Å². The van der Waals surface area contributed by atoms with Crippen LogP contribution in [0.1, 0.15) is 64.5 Å². The maximum atomic E-state index is 3.94. The fourth-order valence-corrected chi connectivity index (χ4v) is 6.33. The molecule has 0 amide bonds. The lowest BCUT2D eigenvalue weighted by atomic mass is 10.1. The number of aromatic nitrogens is 1. The molecule has 6 aromatic rings. The van der Waals surface area contributed by atoms with Gasteiger partial charge in [0.15, 0.2) is 0 Å². The van der Waals surface area contributed by atoms with E-state index in [1.165, 1.54) is 47.9 Å². The summed E-state index contributed by atoms with van der Waals surface area (Å²) in [7, 11) is 3.81. The first-order chi connectivity index (χ1) is 28.3. The first-order valence-corrected chi connectivity index (χ1v) is 20.9. The topological polar surface area (TPSA) is 51.9 Å². The molecule has 0 aliphatic rings. The monoisotopic (exact) mass is 793 g/mol. The van der Waals surface area contributed by atoms with E-state index in [0.717, 1.165) is 17.9 Å². The number of thiophene rings is 1. The van der Waals surface area contributed by atoms with E-state index >= 15 is 0 Å². The lowest BCUT2D eigenvalue weighted by molar-refractivity contribution is 0.820. The van der Waals surface area contributed by atoms with E-state index in [-0.39, 0.29) is 0 Å². The number of allylic oxidation sites excluding steroid dienone is 9. The molecule has 0 unspecified atom stereocenters. The highest BCUT2D eigenvalue weighted by Crippen LogP contribution is 2.38. The third-order valence-corrected chi connectivity index (χ3v) is 9.08. The summed E-state index contributed by atoms with van der Waals surface area (Å²) in [5, 5.41) is 13.3. The number of aromatic amines is 1. The average Bonchev–Trinajstić information content (AvgIpc) is 3.81. The third-order valence-electron chi connectivity index (χ3n) is 7.91. The lowest BCUT2D eigenvalue weighted by Crippen LogP contribution is -2.13. The molecule has 5 heteroatoms. The van der Waals surface area contributed by atoms with Gasteiger partial charge in [-0.3, -0.25) is 0 Å². The van der Waals surface area contributed by atoms with E-state index in [4.69, 9.17) is 0 Å². The van der Waals surface area contributed by atoms with E-state index in [0.29, 0.717) is 5.92 Å². The van der Waals surface area contributed by atoms with E-state index in [1.807, 2.05) is 127 Å². The van der Waals surface area contributed by atoms with Gasteiger partial charge in [-0.05, 0) is 74.2 Å². The molecule has 0 spiro atoms. The van der Waals surface area contributed by atoms with Crippen molar-refractivity contribution in [2.45, 2.75) is 55.0 Å². The zero-order valence-electron chi connectivity index (χ0n) is 36.5. The lowest BCUT2D eigenvalue weighted by Gasteiger charge is -2.07. The number of fused-ring (bicyclic) bond motifs is 4. The molecule has 4 aromatic carbocycles.